The third-order valence-electron chi connectivity index (χ3n) is 3.33. The van der Waals surface area contributed by atoms with Crippen molar-refractivity contribution >= 4 is 5.91 Å². The number of hydrogen-bond acceptors (Lipinski definition) is 1. The molecule has 0 aliphatic heterocycles. The van der Waals surface area contributed by atoms with Gasteiger partial charge in [-0.25, -0.2) is 4.39 Å². The number of carbonyl (C=O) groups is 1. The molecule has 1 amide bonds. The fraction of sp³-hybridized carbons (Fsp3) is 0.500. The monoisotopic (exact) mass is 235 g/mol. The van der Waals surface area contributed by atoms with E-state index < -0.39 is 5.82 Å². The molecule has 0 aromatic heterocycles. The molecule has 2 atom stereocenters. The molecular formula is C14H18FNO. The van der Waals surface area contributed by atoms with Gasteiger partial charge in [0.1, 0.15) is 5.82 Å². The fourth-order valence-corrected chi connectivity index (χ4v) is 2.18. The summed E-state index contributed by atoms with van der Waals surface area (Å²) >= 11 is 0. The van der Waals surface area contributed by atoms with E-state index in [1.807, 2.05) is 0 Å². The van der Waals surface area contributed by atoms with Crippen molar-refractivity contribution in [1.29, 1.82) is 0 Å². The topological polar surface area (TPSA) is 29.1 Å². The number of aryl methyl sites for hydroxylation is 1. The molecule has 1 N–H and O–H groups in total. The van der Waals surface area contributed by atoms with Crippen LogP contribution >= 0.6 is 0 Å². The predicted octanol–water partition coefficient (Wildman–Crippen LogP) is 3.05. The van der Waals surface area contributed by atoms with Crippen LogP contribution in [0.1, 0.15) is 42.1 Å². The number of hydrogen-bond donors (Lipinski definition) is 1. The van der Waals surface area contributed by atoms with Crippen LogP contribution in [0, 0.1) is 18.7 Å². The van der Waals surface area contributed by atoms with E-state index in [2.05, 4.69) is 12.2 Å². The van der Waals surface area contributed by atoms with E-state index in [1.54, 1.807) is 19.1 Å². The van der Waals surface area contributed by atoms with Crippen molar-refractivity contribution in [1.82, 2.24) is 5.32 Å². The normalized spacial score (nSPS) is 22.3. The number of halogens is 1. The van der Waals surface area contributed by atoms with Gasteiger partial charge in [-0.05, 0) is 37.3 Å². The first-order chi connectivity index (χ1) is 8.13. The first-order valence-electron chi connectivity index (χ1n) is 6.19. The number of nitrogens with one attached hydrogen (secondary N) is 1. The molecule has 2 rings (SSSR count). The quantitative estimate of drug-likeness (QED) is 0.853. The Morgan fingerprint density at radius 1 is 1.53 bits per heavy atom. The summed E-state index contributed by atoms with van der Waals surface area (Å²) in [5.74, 6) is -0.0932. The molecule has 1 aromatic carbocycles. The Morgan fingerprint density at radius 3 is 3.00 bits per heavy atom. The lowest BCUT2D eigenvalue weighted by molar-refractivity contribution is 0.0944. The van der Waals surface area contributed by atoms with E-state index in [-0.39, 0.29) is 17.5 Å². The van der Waals surface area contributed by atoms with Crippen LogP contribution in [0.3, 0.4) is 0 Å². The molecule has 0 saturated heterocycles. The van der Waals surface area contributed by atoms with Crippen molar-refractivity contribution in [2.45, 2.75) is 39.2 Å². The summed E-state index contributed by atoms with van der Waals surface area (Å²) in [6.45, 7) is 3.81. The van der Waals surface area contributed by atoms with Crippen LogP contribution < -0.4 is 5.32 Å². The summed E-state index contributed by atoms with van der Waals surface area (Å²) in [4.78, 5) is 11.9. The minimum atomic E-state index is -0.405. The zero-order chi connectivity index (χ0) is 12.4. The summed E-state index contributed by atoms with van der Waals surface area (Å²) in [5, 5.41) is 2.89. The number of amides is 1. The van der Waals surface area contributed by atoms with E-state index in [1.165, 1.54) is 6.07 Å². The van der Waals surface area contributed by atoms with E-state index in [4.69, 9.17) is 0 Å². The van der Waals surface area contributed by atoms with Crippen LogP contribution in [0.4, 0.5) is 4.39 Å². The summed E-state index contributed by atoms with van der Waals surface area (Å²) in [7, 11) is 0. The smallest absolute Gasteiger partial charge is 0.254 e. The first-order valence-corrected chi connectivity index (χ1v) is 6.19. The minimum Gasteiger partial charge on any atom is -0.349 e. The van der Waals surface area contributed by atoms with Crippen LogP contribution in [0.2, 0.25) is 0 Å². The Balaban J connectivity index is 1.99. The molecule has 1 aromatic rings. The molecule has 0 bridgehead atoms. The molecule has 0 radical (unpaired) electrons. The third kappa shape index (κ3) is 2.65. The third-order valence-corrected chi connectivity index (χ3v) is 3.33. The predicted molar refractivity (Wildman–Crippen MR) is 65.4 cm³/mol. The van der Waals surface area contributed by atoms with Gasteiger partial charge in [0.05, 0.1) is 5.56 Å². The molecule has 17 heavy (non-hydrogen) atoms. The van der Waals surface area contributed by atoms with Gasteiger partial charge in [-0.3, -0.25) is 4.79 Å². The second-order valence-corrected chi connectivity index (χ2v) is 4.80. The average Bonchev–Trinajstić information content (AvgIpc) is 3.01. The van der Waals surface area contributed by atoms with Crippen LogP contribution in [-0.4, -0.2) is 11.9 Å². The van der Waals surface area contributed by atoms with Gasteiger partial charge in [0.25, 0.3) is 5.91 Å². The second-order valence-electron chi connectivity index (χ2n) is 4.80. The molecule has 0 heterocycles. The molecule has 92 valence electrons. The van der Waals surface area contributed by atoms with Gasteiger partial charge in [0.15, 0.2) is 0 Å². The Bertz CT molecular complexity index is 430. The molecule has 1 fully saturated rings. The van der Waals surface area contributed by atoms with Crippen molar-refractivity contribution < 1.29 is 9.18 Å². The highest BCUT2D eigenvalue weighted by atomic mass is 19.1. The van der Waals surface area contributed by atoms with Crippen molar-refractivity contribution in [3.8, 4) is 0 Å². The summed E-state index contributed by atoms with van der Waals surface area (Å²) in [6.07, 6.45) is 3.31. The van der Waals surface area contributed by atoms with Crippen LogP contribution in [0.5, 0.6) is 0 Å². The van der Waals surface area contributed by atoms with Crippen LogP contribution in [-0.2, 0) is 0 Å². The van der Waals surface area contributed by atoms with E-state index in [0.717, 1.165) is 19.3 Å². The Labute approximate surface area is 101 Å². The maximum absolute atomic E-state index is 13.7. The second kappa shape index (κ2) is 4.86. The SMILES string of the molecule is CCCC1CC1NC(=O)c1cccc(C)c1F. The lowest BCUT2D eigenvalue weighted by atomic mass is 10.1. The van der Waals surface area contributed by atoms with Crippen molar-refractivity contribution in [3.63, 3.8) is 0 Å². The Kier molecular flexibility index (Phi) is 3.46. The molecule has 1 aliphatic carbocycles. The van der Waals surface area contributed by atoms with Gasteiger partial charge in [0, 0.05) is 6.04 Å². The van der Waals surface area contributed by atoms with Crippen LogP contribution in [0.25, 0.3) is 0 Å². The maximum Gasteiger partial charge on any atom is 0.254 e. The van der Waals surface area contributed by atoms with Crippen LogP contribution in [0.15, 0.2) is 18.2 Å². The van der Waals surface area contributed by atoms with Gasteiger partial charge < -0.3 is 5.32 Å². The van der Waals surface area contributed by atoms with E-state index in [9.17, 15) is 9.18 Å². The van der Waals surface area contributed by atoms with Gasteiger partial charge in [-0.1, -0.05) is 25.5 Å². The largest absolute Gasteiger partial charge is 0.349 e. The lowest BCUT2D eigenvalue weighted by Gasteiger charge is -2.06. The van der Waals surface area contributed by atoms with Crippen molar-refractivity contribution in [2.75, 3.05) is 0 Å². The molecular weight excluding hydrogens is 217 g/mol. The molecule has 2 unspecified atom stereocenters. The Morgan fingerprint density at radius 2 is 2.29 bits per heavy atom. The zero-order valence-corrected chi connectivity index (χ0v) is 10.3. The van der Waals surface area contributed by atoms with Crippen molar-refractivity contribution in [3.05, 3.63) is 35.1 Å². The molecule has 0 spiro atoms. The van der Waals surface area contributed by atoms with Gasteiger partial charge in [0.2, 0.25) is 0 Å². The molecule has 3 heteroatoms. The lowest BCUT2D eigenvalue weighted by Crippen LogP contribution is -2.27. The Hall–Kier alpha value is -1.38. The summed E-state index contributed by atoms with van der Waals surface area (Å²) < 4.78 is 13.7. The highest BCUT2D eigenvalue weighted by molar-refractivity contribution is 5.95. The number of carbonyl (C=O) groups excluding carboxylic acids is 1. The summed E-state index contributed by atoms with van der Waals surface area (Å²) in [5.41, 5.74) is 0.672. The minimum absolute atomic E-state index is 0.159. The molecule has 1 saturated carbocycles. The first kappa shape index (κ1) is 12.1. The fourth-order valence-electron chi connectivity index (χ4n) is 2.18. The standard InChI is InChI=1S/C14H18FNO/c1-3-5-10-8-12(10)16-14(17)11-7-4-6-9(2)13(11)15/h4,6-7,10,12H,3,5,8H2,1-2H3,(H,16,17). The highest BCUT2D eigenvalue weighted by Crippen LogP contribution is 2.34. The highest BCUT2D eigenvalue weighted by Gasteiger charge is 2.37. The number of rotatable bonds is 4. The van der Waals surface area contributed by atoms with Gasteiger partial charge in [-0.2, -0.15) is 0 Å². The van der Waals surface area contributed by atoms with E-state index >= 15 is 0 Å². The zero-order valence-electron chi connectivity index (χ0n) is 10.3. The average molecular weight is 235 g/mol. The summed E-state index contributed by atoms with van der Waals surface area (Å²) in [6, 6.07) is 5.17. The molecule has 1 aliphatic rings. The number of benzene rings is 1. The van der Waals surface area contributed by atoms with E-state index in [0.29, 0.717) is 11.5 Å². The van der Waals surface area contributed by atoms with Gasteiger partial charge >= 0.3 is 0 Å². The van der Waals surface area contributed by atoms with Gasteiger partial charge in [-0.15, -0.1) is 0 Å². The maximum atomic E-state index is 13.7. The van der Waals surface area contributed by atoms with Crippen molar-refractivity contribution in [2.24, 2.45) is 5.92 Å². The molecule has 2 nitrogen and oxygen atoms in total.